The quantitative estimate of drug-likeness (QED) is 0.833. The van der Waals surface area contributed by atoms with Crippen molar-refractivity contribution in [3.63, 3.8) is 0 Å². The van der Waals surface area contributed by atoms with Gasteiger partial charge in [-0.2, -0.15) is 0 Å². The summed E-state index contributed by atoms with van der Waals surface area (Å²) in [5, 5.41) is 2.58. The van der Waals surface area contributed by atoms with Crippen molar-refractivity contribution in [2.45, 2.75) is 57.7 Å². The first-order chi connectivity index (χ1) is 8.20. The second-order valence-corrected chi connectivity index (χ2v) is 8.74. The van der Waals surface area contributed by atoms with E-state index in [1.165, 1.54) is 0 Å². The lowest BCUT2D eigenvalue weighted by molar-refractivity contribution is 0.173. The third-order valence-electron chi connectivity index (χ3n) is 4.22. The van der Waals surface area contributed by atoms with Gasteiger partial charge in [-0.15, -0.1) is 0 Å². The maximum Gasteiger partial charge on any atom is 0.217 e. The second kappa shape index (κ2) is 5.88. The summed E-state index contributed by atoms with van der Waals surface area (Å²) in [7, 11) is 0.360. The first-order valence-corrected chi connectivity index (χ1v) is 8.32. The van der Waals surface area contributed by atoms with Crippen LogP contribution in [-0.2, 0) is 10.0 Å². The fraction of sp³-hybridized carbons (Fsp3) is 1.00. The minimum absolute atomic E-state index is 0.183. The average molecular weight is 276 g/mol. The third-order valence-corrected chi connectivity index (χ3v) is 6.51. The van der Waals surface area contributed by atoms with Crippen molar-refractivity contribution in [3.05, 3.63) is 0 Å². The molecule has 0 bridgehead atoms. The Morgan fingerprint density at radius 2 is 1.83 bits per heavy atom. The van der Waals surface area contributed by atoms with Gasteiger partial charge in [0.05, 0.1) is 5.25 Å². The summed E-state index contributed by atoms with van der Waals surface area (Å²) < 4.78 is 26.3. The molecular formula is C13H28N2O2S. The van der Waals surface area contributed by atoms with Gasteiger partial charge in [-0.3, -0.25) is 0 Å². The minimum atomic E-state index is -3.17. The number of nitrogens with zero attached hydrogens (tertiary/aromatic N) is 1. The zero-order valence-electron chi connectivity index (χ0n) is 12.4. The van der Waals surface area contributed by atoms with Crippen LogP contribution in [0.1, 0.15) is 46.5 Å². The molecule has 0 heterocycles. The Morgan fingerprint density at radius 3 is 2.28 bits per heavy atom. The molecule has 5 heteroatoms. The van der Waals surface area contributed by atoms with Gasteiger partial charge in [-0.05, 0) is 45.1 Å². The number of rotatable bonds is 5. The number of nitrogens with one attached hydrogen (secondary N) is 1. The van der Waals surface area contributed by atoms with E-state index in [0.29, 0.717) is 12.0 Å². The van der Waals surface area contributed by atoms with Gasteiger partial charge in [0.15, 0.2) is 0 Å². The molecule has 1 rings (SSSR count). The highest BCUT2D eigenvalue weighted by Crippen LogP contribution is 2.37. The molecule has 0 aromatic carbocycles. The zero-order chi connectivity index (χ0) is 14.0. The maximum atomic E-state index is 12.4. The van der Waals surface area contributed by atoms with E-state index in [1.807, 2.05) is 0 Å². The van der Waals surface area contributed by atoms with E-state index in [-0.39, 0.29) is 11.3 Å². The molecule has 1 N–H and O–H groups in total. The highest BCUT2D eigenvalue weighted by molar-refractivity contribution is 7.89. The van der Waals surface area contributed by atoms with Gasteiger partial charge in [0, 0.05) is 19.6 Å². The molecule has 0 amide bonds. The van der Waals surface area contributed by atoms with Gasteiger partial charge in [0.25, 0.3) is 0 Å². The lowest BCUT2D eigenvalue weighted by atomic mass is 9.76. The lowest BCUT2D eigenvalue weighted by Crippen LogP contribution is -2.46. The summed E-state index contributed by atoms with van der Waals surface area (Å²) in [5.74, 6) is 0. The van der Waals surface area contributed by atoms with Crippen molar-refractivity contribution in [3.8, 4) is 0 Å². The van der Waals surface area contributed by atoms with Crippen LogP contribution in [0.3, 0.4) is 0 Å². The van der Waals surface area contributed by atoms with Crippen molar-refractivity contribution in [2.75, 3.05) is 20.6 Å². The molecule has 0 saturated heterocycles. The van der Waals surface area contributed by atoms with E-state index in [2.05, 4.69) is 19.2 Å². The van der Waals surface area contributed by atoms with Crippen LogP contribution >= 0.6 is 0 Å². The monoisotopic (exact) mass is 276 g/mol. The molecule has 108 valence electrons. The highest BCUT2D eigenvalue weighted by atomic mass is 32.2. The normalized spacial score (nSPS) is 23.2. The van der Waals surface area contributed by atoms with Crippen LogP contribution in [0.2, 0.25) is 0 Å². The van der Waals surface area contributed by atoms with E-state index in [4.69, 9.17) is 0 Å². The van der Waals surface area contributed by atoms with Gasteiger partial charge in [0.1, 0.15) is 0 Å². The minimum Gasteiger partial charge on any atom is -0.318 e. The summed E-state index contributed by atoms with van der Waals surface area (Å²) in [5.41, 5.74) is 0.373. The standard InChI is InChI=1S/C13H28N2O2S/c1-11(10-14-4)18(16,17)15(5)12-6-8-13(2,3)9-7-12/h11-12,14H,6-10H2,1-5H3. The average Bonchev–Trinajstić information content (AvgIpc) is 2.28. The van der Waals surface area contributed by atoms with E-state index < -0.39 is 10.0 Å². The summed E-state index contributed by atoms with van der Waals surface area (Å²) in [4.78, 5) is 0. The Bertz CT molecular complexity index is 355. The molecular weight excluding hydrogens is 248 g/mol. The third kappa shape index (κ3) is 3.68. The van der Waals surface area contributed by atoms with Crippen LogP contribution in [0.4, 0.5) is 0 Å². The van der Waals surface area contributed by atoms with Gasteiger partial charge in [-0.25, -0.2) is 12.7 Å². The number of hydrogen-bond donors (Lipinski definition) is 1. The molecule has 1 saturated carbocycles. The Labute approximate surface area is 112 Å². The summed E-state index contributed by atoms with van der Waals surface area (Å²) >= 11 is 0. The van der Waals surface area contributed by atoms with Crippen LogP contribution in [0.15, 0.2) is 0 Å². The molecule has 0 aromatic heterocycles. The van der Waals surface area contributed by atoms with E-state index in [9.17, 15) is 8.42 Å². The van der Waals surface area contributed by atoms with Gasteiger partial charge >= 0.3 is 0 Å². The summed E-state index contributed by atoms with van der Waals surface area (Å²) in [6, 6.07) is 0.183. The molecule has 1 unspecified atom stereocenters. The molecule has 1 fully saturated rings. The first-order valence-electron chi connectivity index (χ1n) is 6.82. The molecule has 0 aromatic rings. The largest absolute Gasteiger partial charge is 0.318 e. The summed E-state index contributed by atoms with van der Waals surface area (Å²) in [6.45, 7) is 6.81. The van der Waals surface area contributed by atoms with Crippen molar-refractivity contribution < 1.29 is 8.42 Å². The topological polar surface area (TPSA) is 49.4 Å². The van der Waals surface area contributed by atoms with Crippen molar-refractivity contribution in [2.24, 2.45) is 5.41 Å². The van der Waals surface area contributed by atoms with Crippen molar-refractivity contribution in [1.82, 2.24) is 9.62 Å². The number of hydrogen-bond acceptors (Lipinski definition) is 3. The molecule has 0 spiro atoms. The van der Waals surface area contributed by atoms with Gasteiger partial charge < -0.3 is 5.32 Å². The Balaban J connectivity index is 2.67. The van der Waals surface area contributed by atoms with Gasteiger partial charge in [0.2, 0.25) is 10.0 Å². The molecule has 18 heavy (non-hydrogen) atoms. The van der Waals surface area contributed by atoms with Crippen LogP contribution in [-0.4, -0.2) is 44.7 Å². The molecule has 0 radical (unpaired) electrons. The SMILES string of the molecule is CNCC(C)S(=O)(=O)N(C)C1CCC(C)(C)CC1. The van der Waals surface area contributed by atoms with Crippen LogP contribution in [0, 0.1) is 5.41 Å². The van der Waals surface area contributed by atoms with Crippen LogP contribution < -0.4 is 5.32 Å². The zero-order valence-corrected chi connectivity index (χ0v) is 13.2. The van der Waals surface area contributed by atoms with E-state index >= 15 is 0 Å². The predicted molar refractivity (Wildman–Crippen MR) is 76.1 cm³/mol. The molecule has 4 nitrogen and oxygen atoms in total. The fourth-order valence-electron chi connectivity index (χ4n) is 2.63. The first kappa shape index (κ1) is 15.9. The van der Waals surface area contributed by atoms with E-state index in [1.54, 1.807) is 25.3 Å². The van der Waals surface area contributed by atoms with Gasteiger partial charge in [-0.1, -0.05) is 13.8 Å². The maximum absolute atomic E-state index is 12.4. The second-order valence-electron chi connectivity index (χ2n) is 6.32. The highest BCUT2D eigenvalue weighted by Gasteiger charge is 2.35. The summed E-state index contributed by atoms with van der Waals surface area (Å²) in [6.07, 6.45) is 4.18. The Hall–Kier alpha value is -0.130. The number of sulfonamides is 1. The van der Waals surface area contributed by atoms with Crippen molar-refractivity contribution >= 4 is 10.0 Å². The predicted octanol–water partition coefficient (Wildman–Crippen LogP) is 1.82. The van der Waals surface area contributed by atoms with E-state index in [0.717, 1.165) is 25.7 Å². The van der Waals surface area contributed by atoms with Crippen molar-refractivity contribution in [1.29, 1.82) is 0 Å². The fourth-order valence-corrected chi connectivity index (χ4v) is 4.20. The molecule has 0 aliphatic heterocycles. The van der Waals surface area contributed by atoms with Crippen LogP contribution in [0.25, 0.3) is 0 Å². The lowest BCUT2D eigenvalue weighted by Gasteiger charge is -2.38. The van der Waals surface area contributed by atoms with Crippen LogP contribution in [0.5, 0.6) is 0 Å². The molecule has 1 aliphatic rings. The smallest absolute Gasteiger partial charge is 0.217 e. The Morgan fingerprint density at radius 1 is 1.33 bits per heavy atom. The Kier molecular flexibility index (Phi) is 5.21. The molecule has 1 aliphatic carbocycles. The molecule has 1 atom stereocenters.